The monoisotopic (exact) mass is 234 g/mol. The second-order valence-corrected chi connectivity index (χ2v) is 7.33. The Hall–Kier alpha value is -0.130. The molecule has 0 spiro atoms. The second kappa shape index (κ2) is 3.71. The van der Waals surface area contributed by atoms with E-state index in [1.54, 1.807) is 0 Å². The van der Waals surface area contributed by atoms with Crippen LogP contribution in [-0.4, -0.2) is 26.8 Å². The molecule has 90 valence electrons. The number of nitrogens with one attached hydrogen (secondary N) is 1. The fraction of sp³-hybridized carbons (Fsp3) is 1.00. The smallest absolute Gasteiger partial charge is 0.208 e. The lowest BCUT2D eigenvalue weighted by Gasteiger charge is -2.38. The van der Waals surface area contributed by atoms with Crippen molar-refractivity contribution in [3.05, 3.63) is 0 Å². The fourth-order valence-corrected chi connectivity index (χ4v) is 2.74. The summed E-state index contributed by atoms with van der Waals surface area (Å²) < 4.78 is 24.6. The van der Waals surface area contributed by atoms with Gasteiger partial charge in [-0.3, -0.25) is 0 Å². The van der Waals surface area contributed by atoms with Gasteiger partial charge in [0.2, 0.25) is 10.0 Å². The molecule has 1 saturated carbocycles. The van der Waals surface area contributed by atoms with Crippen LogP contribution in [0.5, 0.6) is 0 Å². The molecule has 0 unspecified atom stereocenters. The van der Waals surface area contributed by atoms with Crippen molar-refractivity contribution in [2.45, 2.75) is 39.2 Å². The van der Waals surface area contributed by atoms with Crippen molar-refractivity contribution in [2.75, 3.05) is 12.8 Å². The van der Waals surface area contributed by atoms with Gasteiger partial charge in [-0.2, -0.15) is 0 Å². The predicted molar refractivity (Wildman–Crippen MR) is 61.9 cm³/mol. The van der Waals surface area contributed by atoms with Crippen molar-refractivity contribution in [2.24, 2.45) is 17.1 Å². The van der Waals surface area contributed by atoms with E-state index < -0.39 is 10.0 Å². The lowest BCUT2D eigenvalue weighted by Crippen LogP contribution is -2.49. The van der Waals surface area contributed by atoms with E-state index in [0.29, 0.717) is 12.5 Å². The zero-order valence-electron chi connectivity index (χ0n) is 10.0. The van der Waals surface area contributed by atoms with Crippen LogP contribution in [-0.2, 0) is 10.0 Å². The van der Waals surface area contributed by atoms with E-state index in [9.17, 15) is 8.42 Å². The highest BCUT2D eigenvalue weighted by molar-refractivity contribution is 7.88. The lowest BCUT2D eigenvalue weighted by molar-refractivity contribution is 0.166. The van der Waals surface area contributed by atoms with Gasteiger partial charge in [-0.15, -0.1) is 0 Å². The average molecular weight is 234 g/mol. The summed E-state index contributed by atoms with van der Waals surface area (Å²) in [6.45, 7) is 6.79. The molecule has 1 aliphatic carbocycles. The van der Waals surface area contributed by atoms with Crippen molar-refractivity contribution < 1.29 is 8.42 Å². The Kier molecular flexibility index (Phi) is 3.20. The van der Waals surface area contributed by atoms with Crippen LogP contribution in [0.25, 0.3) is 0 Å². The minimum Gasteiger partial charge on any atom is -0.325 e. The number of rotatable bonds is 3. The molecule has 0 aromatic rings. The van der Waals surface area contributed by atoms with Gasteiger partial charge in [0.1, 0.15) is 0 Å². The van der Waals surface area contributed by atoms with Gasteiger partial charge in [0.05, 0.1) is 6.26 Å². The van der Waals surface area contributed by atoms with E-state index in [4.69, 9.17) is 5.73 Å². The highest BCUT2D eigenvalue weighted by Crippen LogP contribution is 2.48. The van der Waals surface area contributed by atoms with E-state index >= 15 is 0 Å². The van der Waals surface area contributed by atoms with Crippen molar-refractivity contribution in [3.8, 4) is 0 Å². The maximum atomic E-state index is 11.0. The maximum absolute atomic E-state index is 11.0. The summed E-state index contributed by atoms with van der Waals surface area (Å²) in [5, 5.41) is 0. The summed E-state index contributed by atoms with van der Waals surface area (Å²) in [7, 11) is -3.09. The van der Waals surface area contributed by atoms with E-state index in [1.165, 1.54) is 6.26 Å². The summed E-state index contributed by atoms with van der Waals surface area (Å²) in [4.78, 5) is 0. The van der Waals surface area contributed by atoms with E-state index in [2.05, 4.69) is 18.6 Å². The fourth-order valence-electron chi connectivity index (χ4n) is 2.23. The third-order valence-corrected chi connectivity index (χ3v) is 4.79. The van der Waals surface area contributed by atoms with Gasteiger partial charge in [0.15, 0.2) is 0 Å². The van der Waals surface area contributed by atoms with Gasteiger partial charge in [-0.25, -0.2) is 13.1 Å². The average Bonchev–Trinajstić information content (AvgIpc) is 2.19. The van der Waals surface area contributed by atoms with Crippen LogP contribution < -0.4 is 10.5 Å². The molecule has 0 saturated heterocycles. The van der Waals surface area contributed by atoms with Gasteiger partial charge in [0, 0.05) is 12.1 Å². The van der Waals surface area contributed by atoms with Crippen molar-refractivity contribution >= 4 is 10.0 Å². The van der Waals surface area contributed by atoms with Crippen molar-refractivity contribution in [1.29, 1.82) is 0 Å². The Morgan fingerprint density at radius 2 is 1.93 bits per heavy atom. The Bertz CT molecular complexity index is 333. The molecule has 0 aliphatic heterocycles. The molecule has 0 radical (unpaired) electrons. The zero-order chi connectivity index (χ0) is 11.9. The van der Waals surface area contributed by atoms with Crippen LogP contribution in [0.3, 0.4) is 0 Å². The van der Waals surface area contributed by atoms with Crippen molar-refractivity contribution in [1.82, 2.24) is 4.72 Å². The van der Waals surface area contributed by atoms with E-state index in [-0.39, 0.29) is 11.0 Å². The zero-order valence-corrected chi connectivity index (χ0v) is 10.8. The van der Waals surface area contributed by atoms with Crippen LogP contribution >= 0.6 is 0 Å². The standard InChI is InChI=1S/C10H22N2O2S/c1-9(2)8(5-6-10(9,3)11)7-12-15(4,13)14/h8,12H,5-7,11H2,1-4H3/t8-,10-/m1/s1. The number of sulfonamides is 1. The Morgan fingerprint density at radius 3 is 2.27 bits per heavy atom. The predicted octanol–water partition coefficient (Wildman–Crippen LogP) is 0.689. The van der Waals surface area contributed by atoms with Crippen molar-refractivity contribution in [3.63, 3.8) is 0 Å². The topological polar surface area (TPSA) is 72.2 Å². The Labute approximate surface area is 92.7 Å². The molecule has 3 N–H and O–H groups in total. The molecule has 5 heteroatoms. The molecule has 0 bridgehead atoms. The lowest BCUT2D eigenvalue weighted by atomic mass is 9.72. The normalized spacial score (nSPS) is 35.7. The number of nitrogens with two attached hydrogens (primary N) is 1. The molecule has 15 heavy (non-hydrogen) atoms. The summed E-state index contributed by atoms with van der Waals surface area (Å²) in [6, 6.07) is 0. The van der Waals surface area contributed by atoms with Gasteiger partial charge in [-0.1, -0.05) is 13.8 Å². The quantitative estimate of drug-likeness (QED) is 0.754. The highest BCUT2D eigenvalue weighted by atomic mass is 32.2. The third-order valence-electron chi connectivity index (χ3n) is 4.10. The maximum Gasteiger partial charge on any atom is 0.208 e. The van der Waals surface area contributed by atoms with Gasteiger partial charge < -0.3 is 5.73 Å². The summed E-state index contributed by atoms with van der Waals surface area (Å²) >= 11 is 0. The second-order valence-electron chi connectivity index (χ2n) is 5.50. The Morgan fingerprint density at radius 1 is 1.40 bits per heavy atom. The molecule has 0 amide bonds. The number of hydrogen-bond donors (Lipinski definition) is 2. The SMILES string of the molecule is CC1(C)[C@@H](CNS(C)(=O)=O)CC[C@@]1(C)N. The summed E-state index contributed by atoms with van der Waals surface area (Å²) in [5.74, 6) is 0.322. The van der Waals surface area contributed by atoms with Crippen LogP contribution in [0.4, 0.5) is 0 Å². The van der Waals surface area contributed by atoms with Crippen LogP contribution in [0.15, 0.2) is 0 Å². The third kappa shape index (κ3) is 2.71. The number of hydrogen-bond acceptors (Lipinski definition) is 3. The first-order valence-corrected chi connectivity index (χ1v) is 7.19. The molecular weight excluding hydrogens is 212 g/mol. The Balaban J connectivity index is 2.67. The molecule has 0 aromatic heterocycles. The largest absolute Gasteiger partial charge is 0.325 e. The molecule has 1 fully saturated rings. The van der Waals surface area contributed by atoms with E-state index in [0.717, 1.165) is 12.8 Å². The summed E-state index contributed by atoms with van der Waals surface area (Å²) in [6.07, 6.45) is 3.13. The van der Waals surface area contributed by atoms with Gasteiger partial charge in [-0.05, 0) is 31.1 Å². The van der Waals surface area contributed by atoms with Crippen LogP contribution in [0, 0.1) is 11.3 Å². The minimum atomic E-state index is -3.09. The van der Waals surface area contributed by atoms with Crippen LogP contribution in [0.1, 0.15) is 33.6 Å². The first-order chi connectivity index (χ1) is 6.56. The molecule has 1 rings (SSSR count). The summed E-state index contributed by atoms with van der Waals surface area (Å²) in [5.41, 5.74) is 5.99. The highest BCUT2D eigenvalue weighted by Gasteiger charge is 2.48. The minimum absolute atomic E-state index is 0.0231. The molecular formula is C10H22N2O2S. The molecule has 1 aliphatic rings. The first-order valence-electron chi connectivity index (χ1n) is 5.30. The van der Waals surface area contributed by atoms with Gasteiger partial charge in [0.25, 0.3) is 0 Å². The van der Waals surface area contributed by atoms with Crippen LogP contribution in [0.2, 0.25) is 0 Å². The molecule has 2 atom stereocenters. The molecule has 0 heterocycles. The van der Waals surface area contributed by atoms with Gasteiger partial charge >= 0.3 is 0 Å². The first kappa shape index (κ1) is 12.9. The molecule has 4 nitrogen and oxygen atoms in total. The molecule has 0 aromatic carbocycles. The van der Waals surface area contributed by atoms with E-state index in [1.807, 2.05) is 6.92 Å².